The summed E-state index contributed by atoms with van der Waals surface area (Å²) in [5.74, 6) is 2.07. The molecule has 0 bridgehead atoms. The summed E-state index contributed by atoms with van der Waals surface area (Å²) < 4.78 is 10.9. The Labute approximate surface area is 153 Å². The second kappa shape index (κ2) is 9.74. The second-order valence-electron chi connectivity index (χ2n) is 5.16. The number of guanidine groups is 1. The van der Waals surface area contributed by atoms with E-state index >= 15 is 0 Å². The normalized spacial score (nSPS) is 11.1. The van der Waals surface area contributed by atoms with Gasteiger partial charge < -0.3 is 20.1 Å². The van der Waals surface area contributed by atoms with Gasteiger partial charge in [0.05, 0.1) is 13.7 Å². The average Bonchev–Trinajstić information content (AvgIpc) is 2.63. The third-order valence-corrected chi connectivity index (χ3v) is 3.67. The van der Waals surface area contributed by atoms with Crippen LogP contribution in [-0.2, 0) is 6.42 Å². The van der Waals surface area contributed by atoms with Gasteiger partial charge in [0.15, 0.2) is 17.5 Å². The Kier molecular flexibility index (Phi) is 7.35. The molecule has 0 aliphatic rings. The maximum Gasteiger partial charge on any atom is 0.195 e. The average molecular weight is 363 g/mol. The number of hydrogen-bond acceptors (Lipinski definition) is 4. The summed E-state index contributed by atoms with van der Waals surface area (Å²) >= 11 is 5.79. The summed E-state index contributed by atoms with van der Waals surface area (Å²) in [7, 11) is 3.35. The molecular weight excluding hydrogens is 340 g/mol. The molecule has 2 aromatic rings. The van der Waals surface area contributed by atoms with Crippen LogP contribution in [0.1, 0.15) is 12.5 Å². The Morgan fingerprint density at radius 2 is 2.08 bits per heavy atom. The molecule has 0 saturated carbocycles. The third kappa shape index (κ3) is 5.83. The number of nitrogens with one attached hydrogen (secondary N) is 2. The third-order valence-electron chi connectivity index (χ3n) is 3.44. The maximum absolute atomic E-state index is 5.79. The molecule has 0 unspecified atom stereocenters. The van der Waals surface area contributed by atoms with Crippen LogP contribution in [0.4, 0.5) is 5.69 Å². The molecular formula is C18H23ClN4O2. The Hall–Kier alpha value is -2.47. The van der Waals surface area contributed by atoms with Gasteiger partial charge in [0.25, 0.3) is 0 Å². The zero-order chi connectivity index (χ0) is 18.1. The molecule has 2 N–H and O–H groups in total. The molecule has 0 radical (unpaired) electrons. The molecule has 0 atom stereocenters. The molecule has 0 aliphatic carbocycles. The molecule has 1 heterocycles. The summed E-state index contributed by atoms with van der Waals surface area (Å²) in [6.45, 7) is 3.25. The number of anilines is 1. The second-order valence-corrected chi connectivity index (χ2v) is 5.55. The van der Waals surface area contributed by atoms with Gasteiger partial charge in [-0.3, -0.25) is 4.99 Å². The zero-order valence-corrected chi connectivity index (χ0v) is 15.4. The van der Waals surface area contributed by atoms with Crippen molar-refractivity contribution in [1.29, 1.82) is 0 Å². The lowest BCUT2D eigenvalue weighted by Gasteiger charge is -2.14. The van der Waals surface area contributed by atoms with Gasteiger partial charge in [0, 0.05) is 31.5 Å². The first-order valence-corrected chi connectivity index (χ1v) is 8.43. The van der Waals surface area contributed by atoms with E-state index in [9.17, 15) is 0 Å². The lowest BCUT2D eigenvalue weighted by molar-refractivity contribution is 0.311. The van der Waals surface area contributed by atoms with Crippen LogP contribution in [0.5, 0.6) is 11.5 Å². The van der Waals surface area contributed by atoms with Gasteiger partial charge in [-0.2, -0.15) is 0 Å². The summed E-state index contributed by atoms with van der Waals surface area (Å²) in [5.41, 5.74) is 1.97. The molecule has 7 heteroatoms. The Morgan fingerprint density at radius 3 is 2.72 bits per heavy atom. The van der Waals surface area contributed by atoms with E-state index in [2.05, 4.69) is 20.6 Å². The summed E-state index contributed by atoms with van der Waals surface area (Å²) in [4.78, 5) is 8.30. The van der Waals surface area contributed by atoms with Crippen LogP contribution in [0.3, 0.4) is 0 Å². The maximum atomic E-state index is 5.79. The molecule has 0 saturated heterocycles. The van der Waals surface area contributed by atoms with Crippen molar-refractivity contribution in [3.05, 3.63) is 47.2 Å². The van der Waals surface area contributed by atoms with Crippen molar-refractivity contribution < 1.29 is 9.47 Å². The molecule has 0 aliphatic heterocycles. The number of aliphatic imine (C=N–C) groups is 1. The number of ether oxygens (including phenoxy) is 2. The fourth-order valence-electron chi connectivity index (χ4n) is 2.22. The molecule has 25 heavy (non-hydrogen) atoms. The van der Waals surface area contributed by atoms with Crippen molar-refractivity contribution in [2.45, 2.75) is 13.3 Å². The van der Waals surface area contributed by atoms with Crippen molar-refractivity contribution in [2.75, 3.05) is 32.6 Å². The lowest BCUT2D eigenvalue weighted by Crippen LogP contribution is -2.32. The van der Waals surface area contributed by atoms with Gasteiger partial charge in [0.2, 0.25) is 0 Å². The van der Waals surface area contributed by atoms with E-state index in [0.29, 0.717) is 29.2 Å². The van der Waals surface area contributed by atoms with E-state index in [1.54, 1.807) is 26.4 Å². The van der Waals surface area contributed by atoms with E-state index in [4.69, 9.17) is 21.1 Å². The molecule has 0 spiro atoms. The number of halogens is 1. The molecule has 1 aromatic carbocycles. The van der Waals surface area contributed by atoms with Crippen LogP contribution in [0.15, 0.2) is 41.5 Å². The van der Waals surface area contributed by atoms with Crippen LogP contribution in [0.2, 0.25) is 5.15 Å². The topological polar surface area (TPSA) is 67.8 Å². The smallest absolute Gasteiger partial charge is 0.195 e. The van der Waals surface area contributed by atoms with Crippen LogP contribution in [0.25, 0.3) is 0 Å². The van der Waals surface area contributed by atoms with Crippen molar-refractivity contribution in [3.63, 3.8) is 0 Å². The first-order chi connectivity index (χ1) is 12.2. The van der Waals surface area contributed by atoms with E-state index in [0.717, 1.165) is 24.2 Å². The highest BCUT2D eigenvalue weighted by atomic mass is 35.5. The Morgan fingerprint density at radius 1 is 1.24 bits per heavy atom. The van der Waals surface area contributed by atoms with Crippen LogP contribution in [0, 0.1) is 0 Å². The summed E-state index contributed by atoms with van der Waals surface area (Å²) in [6.07, 6.45) is 2.59. The van der Waals surface area contributed by atoms with Crippen molar-refractivity contribution in [2.24, 2.45) is 4.99 Å². The highest BCUT2D eigenvalue weighted by Crippen LogP contribution is 2.30. The minimum Gasteiger partial charge on any atom is -0.493 e. The Bertz CT molecular complexity index is 705. The first-order valence-electron chi connectivity index (χ1n) is 8.05. The van der Waals surface area contributed by atoms with E-state index in [-0.39, 0.29) is 0 Å². The standard InChI is InChI=1S/C18H23ClN4O2/c1-4-25-15-7-6-14(11-16(15)24-3)23-18(20-2)21-10-9-13-5-8-17(19)22-12-13/h5-8,11-12H,4,9-10H2,1-3H3,(H2,20,21,23). The number of pyridine rings is 1. The highest BCUT2D eigenvalue weighted by Gasteiger charge is 2.07. The molecule has 6 nitrogen and oxygen atoms in total. The van der Waals surface area contributed by atoms with Gasteiger partial charge in [-0.05, 0) is 37.1 Å². The first kappa shape index (κ1) is 18.9. The lowest BCUT2D eigenvalue weighted by atomic mass is 10.2. The summed E-state index contributed by atoms with van der Waals surface area (Å²) in [6, 6.07) is 9.42. The SMILES string of the molecule is CCOc1ccc(NC(=NC)NCCc2ccc(Cl)nc2)cc1OC. The fraction of sp³-hybridized carbons (Fsp3) is 0.333. The van der Waals surface area contributed by atoms with Crippen molar-refractivity contribution >= 4 is 23.2 Å². The highest BCUT2D eigenvalue weighted by molar-refractivity contribution is 6.29. The van der Waals surface area contributed by atoms with E-state index < -0.39 is 0 Å². The van der Waals surface area contributed by atoms with E-state index in [1.165, 1.54) is 0 Å². The number of benzene rings is 1. The van der Waals surface area contributed by atoms with Crippen LogP contribution >= 0.6 is 11.6 Å². The Balaban J connectivity index is 1.92. The van der Waals surface area contributed by atoms with Crippen molar-refractivity contribution in [3.8, 4) is 11.5 Å². The fourth-order valence-corrected chi connectivity index (χ4v) is 2.33. The van der Waals surface area contributed by atoms with Gasteiger partial charge in [-0.1, -0.05) is 17.7 Å². The number of nitrogens with zero attached hydrogens (tertiary/aromatic N) is 2. The van der Waals surface area contributed by atoms with Gasteiger partial charge in [-0.25, -0.2) is 4.98 Å². The monoisotopic (exact) mass is 362 g/mol. The number of aromatic nitrogens is 1. The zero-order valence-electron chi connectivity index (χ0n) is 14.7. The minimum atomic E-state index is 0.499. The largest absolute Gasteiger partial charge is 0.493 e. The molecule has 1 aromatic heterocycles. The predicted molar refractivity (Wildman–Crippen MR) is 102 cm³/mol. The minimum absolute atomic E-state index is 0.499. The quantitative estimate of drug-likeness (QED) is 0.449. The van der Waals surface area contributed by atoms with E-state index in [1.807, 2.05) is 31.2 Å². The number of methoxy groups -OCH3 is 1. The molecule has 2 rings (SSSR count). The van der Waals surface area contributed by atoms with Crippen LogP contribution in [-0.4, -0.2) is 38.3 Å². The molecule has 0 fully saturated rings. The van der Waals surface area contributed by atoms with Gasteiger partial charge >= 0.3 is 0 Å². The molecule has 0 amide bonds. The molecule has 134 valence electrons. The summed E-state index contributed by atoms with van der Waals surface area (Å²) in [5, 5.41) is 7.00. The van der Waals surface area contributed by atoms with Gasteiger partial charge in [0.1, 0.15) is 5.15 Å². The van der Waals surface area contributed by atoms with Gasteiger partial charge in [-0.15, -0.1) is 0 Å². The number of rotatable bonds is 7. The van der Waals surface area contributed by atoms with Crippen molar-refractivity contribution in [1.82, 2.24) is 10.3 Å². The predicted octanol–water partition coefficient (Wildman–Crippen LogP) is 3.37. The number of hydrogen-bond donors (Lipinski definition) is 2. The van der Waals surface area contributed by atoms with Crippen LogP contribution < -0.4 is 20.1 Å².